The van der Waals surface area contributed by atoms with Crippen LogP contribution in [-0.2, 0) is 22.7 Å². The second-order valence-corrected chi connectivity index (χ2v) is 5.89. The maximum atomic E-state index is 6.16. The number of hydrogen-bond donors (Lipinski definition) is 1. The summed E-state index contributed by atoms with van der Waals surface area (Å²) in [6.07, 6.45) is 2.26. The fourth-order valence-electron chi connectivity index (χ4n) is 3.10. The van der Waals surface area contributed by atoms with Crippen molar-refractivity contribution in [3.63, 3.8) is 0 Å². The highest BCUT2D eigenvalue weighted by Gasteiger charge is 2.38. The number of fused-ring (bicyclic) bond motifs is 1. The van der Waals surface area contributed by atoms with Gasteiger partial charge < -0.3 is 14.8 Å². The summed E-state index contributed by atoms with van der Waals surface area (Å²) in [4.78, 5) is 0. The Morgan fingerprint density at radius 3 is 2.53 bits per heavy atom. The van der Waals surface area contributed by atoms with Crippen LogP contribution in [0.15, 0.2) is 18.2 Å². The molecular formula is C16H23NO2. The number of rotatable bonds is 1. The third-order valence-corrected chi connectivity index (χ3v) is 4.47. The highest BCUT2D eigenvalue weighted by molar-refractivity contribution is 5.31. The van der Waals surface area contributed by atoms with Crippen molar-refractivity contribution in [1.82, 2.24) is 5.32 Å². The van der Waals surface area contributed by atoms with Gasteiger partial charge in [0.15, 0.2) is 5.79 Å². The molecule has 104 valence electrons. The molecule has 1 fully saturated rings. The van der Waals surface area contributed by atoms with E-state index in [1.807, 2.05) is 0 Å². The molecule has 1 atom stereocenters. The first-order valence-corrected chi connectivity index (χ1v) is 7.24. The van der Waals surface area contributed by atoms with Crippen LogP contribution in [0.5, 0.6) is 0 Å². The monoisotopic (exact) mass is 261 g/mol. The number of aryl methyl sites for hydroxylation is 1. The van der Waals surface area contributed by atoms with E-state index in [0.29, 0.717) is 19.1 Å². The van der Waals surface area contributed by atoms with Crippen LogP contribution in [-0.4, -0.2) is 18.9 Å². The van der Waals surface area contributed by atoms with Crippen LogP contribution >= 0.6 is 0 Å². The van der Waals surface area contributed by atoms with Gasteiger partial charge in [0.25, 0.3) is 0 Å². The van der Waals surface area contributed by atoms with Gasteiger partial charge in [0.2, 0.25) is 0 Å². The van der Waals surface area contributed by atoms with Crippen LogP contribution in [0.25, 0.3) is 0 Å². The van der Waals surface area contributed by atoms with Crippen LogP contribution in [0.4, 0.5) is 0 Å². The van der Waals surface area contributed by atoms with Crippen molar-refractivity contribution in [3.05, 3.63) is 34.9 Å². The molecule has 0 spiro atoms. The first-order valence-electron chi connectivity index (χ1n) is 7.24. The Morgan fingerprint density at radius 2 is 1.79 bits per heavy atom. The molecule has 1 aromatic carbocycles. The van der Waals surface area contributed by atoms with Gasteiger partial charge in [-0.3, -0.25) is 0 Å². The van der Waals surface area contributed by atoms with Gasteiger partial charge >= 0.3 is 0 Å². The molecule has 1 unspecified atom stereocenters. The lowest BCUT2D eigenvalue weighted by Gasteiger charge is -2.38. The molecule has 0 aliphatic carbocycles. The molecule has 0 bridgehead atoms. The largest absolute Gasteiger partial charge is 0.345 e. The predicted molar refractivity (Wildman–Crippen MR) is 74.8 cm³/mol. The Labute approximate surface area is 115 Å². The molecule has 1 aromatic rings. The summed E-state index contributed by atoms with van der Waals surface area (Å²) in [7, 11) is 0. The molecule has 1 saturated heterocycles. The standard InChI is InChI=1S/C16H23NO2/c1-12-3-4-13-10-18-16(2,19-11-14(13)9-12)15-5-7-17-8-6-15/h3-4,9,15,17H,5-8,10-11H2,1-2H3. The maximum absolute atomic E-state index is 6.16. The quantitative estimate of drug-likeness (QED) is 0.843. The molecule has 0 aromatic heterocycles. The molecule has 3 rings (SSSR count). The molecule has 1 N–H and O–H groups in total. The van der Waals surface area contributed by atoms with Crippen molar-refractivity contribution < 1.29 is 9.47 Å². The average Bonchev–Trinajstić information content (AvgIpc) is 2.61. The van der Waals surface area contributed by atoms with Gasteiger partial charge in [0, 0.05) is 5.92 Å². The molecule has 0 amide bonds. The van der Waals surface area contributed by atoms with Crippen molar-refractivity contribution in [3.8, 4) is 0 Å². The molecule has 2 heterocycles. The van der Waals surface area contributed by atoms with Gasteiger partial charge in [-0.25, -0.2) is 0 Å². The second-order valence-electron chi connectivity index (χ2n) is 5.89. The number of nitrogens with one attached hydrogen (secondary N) is 1. The molecule has 2 aliphatic heterocycles. The van der Waals surface area contributed by atoms with Crippen LogP contribution in [0.3, 0.4) is 0 Å². The minimum absolute atomic E-state index is 0.435. The zero-order valence-electron chi connectivity index (χ0n) is 11.9. The Bertz CT molecular complexity index is 454. The average molecular weight is 261 g/mol. The Hall–Kier alpha value is -0.900. The highest BCUT2D eigenvalue weighted by atomic mass is 16.7. The fourth-order valence-corrected chi connectivity index (χ4v) is 3.10. The van der Waals surface area contributed by atoms with Gasteiger partial charge in [-0.2, -0.15) is 0 Å². The van der Waals surface area contributed by atoms with E-state index in [1.54, 1.807) is 0 Å². The first kappa shape index (κ1) is 13.1. The molecule has 3 nitrogen and oxygen atoms in total. The summed E-state index contributed by atoms with van der Waals surface area (Å²) in [6, 6.07) is 6.53. The minimum Gasteiger partial charge on any atom is -0.345 e. The first-order chi connectivity index (χ1) is 9.17. The molecule has 0 radical (unpaired) electrons. The molecule has 2 aliphatic rings. The van der Waals surface area contributed by atoms with E-state index in [9.17, 15) is 0 Å². The Morgan fingerprint density at radius 1 is 1.11 bits per heavy atom. The van der Waals surface area contributed by atoms with Crippen LogP contribution < -0.4 is 5.32 Å². The SMILES string of the molecule is Cc1ccc2c(c1)COC(C)(C1CCNCC1)OC2. The van der Waals surface area contributed by atoms with Crippen molar-refractivity contribution in [2.75, 3.05) is 13.1 Å². The Balaban J connectivity index is 1.78. The molecular weight excluding hydrogens is 238 g/mol. The summed E-state index contributed by atoms with van der Waals surface area (Å²) in [6.45, 7) is 7.70. The van der Waals surface area contributed by atoms with Gasteiger partial charge in [0.05, 0.1) is 13.2 Å². The maximum Gasteiger partial charge on any atom is 0.169 e. The fraction of sp³-hybridized carbons (Fsp3) is 0.625. The van der Waals surface area contributed by atoms with Crippen molar-refractivity contribution >= 4 is 0 Å². The van der Waals surface area contributed by atoms with E-state index < -0.39 is 5.79 Å². The lowest BCUT2D eigenvalue weighted by Crippen LogP contribution is -2.44. The van der Waals surface area contributed by atoms with Crippen molar-refractivity contribution in [2.45, 2.75) is 45.7 Å². The third kappa shape index (κ3) is 2.69. The number of ether oxygens (including phenoxy) is 2. The summed E-state index contributed by atoms with van der Waals surface area (Å²) in [5, 5.41) is 3.40. The number of benzene rings is 1. The zero-order chi connectivity index (χ0) is 13.3. The predicted octanol–water partition coefficient (Wildman–Crippen LogP) is 2.76. The van der Waals surface area contributed by atoms with Crippen LogP contribution in [0.1, 0.15) is 36.5 Å². The molecule has 19 heavy (non-hydrogen) atoms. The van der Waals surface area contributed by atoms with Crippen molar-refractivity contribution in [1.29, 1.82) is 0 Å². The zero-order valence-corrected chi connectivity index (χ0v) is 11.9. The normalized spacial score (nSPS) is 28.7. The summed E-state index contributed by atoms with van der Waals surface area (Å²) in [5.74, 6) is 0.0545. The van der Waals surface area contributed by atoms with E-state index >= 15 is 0 Å². The second kappa shape index (κ2) is 5.23. The van der Waals surface area contributed by atoms with Crippen molar-refractivity contribution in [2.24, 2.45) is 5.92 Å². The van der Waals surface area contributed by atoms with Gasteiger partial charge in [-0.05, 0) is 50.9 Å². The lowest BCUT2D eigenvalue weighted by molar-refractivity contribution is -0.265. The number of piperidine rings is 1. The Kier molecular flexibility index (Phi) is 3.61. The highest BCUT2D eigenvalue weighted by Crippen LogP contribution is 2.35. The summed E-state index contributed by atoms with van der Waals surface area (Å²) >= 11 is 0. The third-order valence-electron chi connectivity index (χ3n) is 4.47. The van der Waals surface area contributed by atoms with Gasteiger partial charge in [-0.15, -0.1) is 0 Å². The van der Waals surface area contributed by atoms with Gasteiger partial charge in [0.1, 0.15) is 0 Å². The molecule has 3 heteroatoms. The van der Waals surface area contributed by atoms with E-state index in [-0.39, 0.29) is 0 Å². The topological polar surface area (TPSA) is 30.5 Å². The number of hydrogen-bond acceptors (Lipinski definition) is 3. The molecule has 0 saturated carbocycles. The smallest absolute Gasteiger partial charge is 0.169 e. The summed E-state index contributed by atoms with van der Waals surface area (Å²) < 4.78 is 12.3. The van der Waals surface area contributed by atoms with Gasteiger partial charge in [-0.1, -0.05) is 23.8 Å². The minimum atomic E-state index is -0.435. The lowest BCUT2D eigenvalue weighted by atomic mass is 9.90. The summed E-state index contributed by atoms with van der Waals surface area (Å²) in [5.41, 5.74) is 3.83. The van der Waals surface area contributed by atoms with E-state index in [0.717, 1.165) is 25.9 Å². The van der Waals surface area contributed by atoms with E-state index in [2.05, 4.69) is 37.4 Å². The van der Waals surface area contributed by atoms with E-state index in [4.69, 9.17) is 9.47 Å². The van der Waals surface area contributed by atoms with Crippen LogP contribution in [0.2, 0.25) is 0 Å². The van der Waals surface area contributed by atoms with Crippen LogP contribution in [0, 0.1) is 12.8 Å². The van der Waals surface area contributed by atoms with E-state index in [1.165, 1.54) is 16.7 Å².